The highest BCUT2D eigenvalue weighted by atomic mass is 16.6. The molecule has 6 nitrogen and oxygen atoms in total. The Labute approximate surface area is 144 Å². The molecule has 2 rings (SSSR count). The van der Waals surface area contributed by atoms with E-state index in [1.54, 1.807) is 17.2 Å². The summed E-state index contributed by atoms with van der Waals surface area (Å²) in [6, 6.07) is 5.73. The first kappa shape index (κ1) is 18.1. The maximum atomic E-state index is 12.1. The van der Waals surface area contributed by atoms with Crippen LogP contribution >= 0.6 is 0 Å². The number of likely N-dealkylation sites (tertiary alicyclic amines) is 1. The molecule has 0 spiro atoms. The van der Waals surface area contributed by atoms with Crippen LogP contribution in [0.25, 0.3) is 0 Å². The summed E-state index contributed by atoms with van der Waals surface area (Å²) in [4.78, 5) is 20.3. The second-order valence-electron chi connectivity index (χ2n) is 7.31. The van der Waals surface area contributed by atoms with E-state index in [0.717, 1.165) is 38.3 Å². The van der Waals surface area contributed by atoms with E-state index in [0.29, 0.717) is 11.5 Å². The van der Waals surface area contributed by atoms with Crippen LogP contribution in [0.5, 0.6) is 0 Å². The molecule has 0 radical (unpaired) electrons. The minimum absolute atomic E-state index is 0.219. The number of aromatic nitrogens is 1. The van der Waals surface area contributed by atoms with Crippen molar-refractivity contribution in [3.05, 3.63) is 23.9 Å². The molecule has 1 saturated heterocycles. The Balaban J connectivity index is 1.82. The highest BCUT2D eigenvalue weighted by Gasteiger charge is 2.27. The Kier molecular flexibility index (Phi) is 5.66. The Morgan fingerprint density at radius 1 is 1.42 bits per heavy atom. The van der Waals surface area contributed by atoms with Crippen LogP contribution in [0, 0.1) is 17.2 Å². The van der Waals surface area contributed by atoms with Gasteiger partial charge in [-0.15, -0.1) is 0 Å². The molecule has 6 heteroatoms. The third-order valence-corrected chi connectivity index (χ3v) is 4.07. The van der Waals surface area contributed by atoms with E-state index in [4.69, 9.17) is 10.00 Å². The first-order chi connectivity index (χ1) is 11.3. The predicted molar refractivity (Wildman–Crippen MR) is 92.8 cm³/mol. The molecule has 1 aromatic heterocycles. The molecule has 1 aromatic rings. The molecule has 1 aliphatic rings. The number of hydrogen-bond acceptors (Lipinski definition) is 5. The van der Waals surface area contributed by atoms with Crippen LogP contribution < -0.4 is 4.90 Å². The number of nitriles is 1. The zero-order valence-electron chi connectivity index (χ0n) is 15.0. The number of pyridine rings is 1. The summed E-state index contributed by atoms with van der Waals surface area (Å²) in [6.45, 7) is 8.01. The summed E-state index contributed by atoms with van der Waals surface area (Å²) in [5.74, 6) is 1.38. The van der Waals surface area contributed by atoms with Crippen molar-refractivity contribution in [3.8, 4) is 6.07 Å². The standard InChI is InChI=1S/C18H26N4O2/c1-18(2,3)24-17(23)22-9-7-14(8-10-22)13-21(4)16-6-5-15(11-19)12-20-16/h5-6,12,14H,7-10,13H2,1-4H3. The average molecular weight is 330 g/mol. The summed E-state index contributed by atoms with van der Waals surface area (Å²) in [5.41, 5.74) is 0.118. The van der Waals surface area contributed by atoms with Gasteiger partial charge in [0.15, 0.2) is 0 Å². The lowest BCUT2D eigenvalue weighted by molar-refractivity contribution is 0.0186. The molecule has 0 aliphatic carbocycles. The second kappa shape index (κ2) is 7.52. The van der Waals surface area contributed by atoms with E-state index < -0.39 is 5.60 Å². The fraction of sp³-hybridized carbons (Fsp3) is 0.611. The molecule has 0 N–H and O–H groups in total. The molecule has 0 bridgehead atoms. The van der Waals surface area contributed by atoms with Crippen LogP contribution in [-0.2, 0) is 4.74 Å². The number of carbonyl (C=O) groups is 1. The smallest absolute Gasteiger partial charge is 0.410 e. The summed E-state index contributed by atoms with van der Waals surface area (Å²) in [5, 5.41) is 8.82. The molecule has 1 amide bonds. The number of carbonyl (C=O) groups excluding carboxylic acids is 1. The van der Waals surface area contributed by atoms with Gasteiger partial charge in [-0.3, -0.25) is 0 Å². The van der Waals surface area contributed by atoms with Gasteiger partial charge >= 0.3 is 6.09 Å². The van der Waals surface area contributed by atoms with Gasteiger partial charge in [0.1, 0.15) is 17.5 Å². The lowest BCUT2D eigenvalue weighted by Crippen LogP contribution is -2.43. The van der Waals surface area contributed by atoms with Gasteiger partial charge in [0.2, 0.25) is 0 Å². The van der Waals surface area contributed by atoms with Crippen molar-refractivity contribution in [2.45, 2.75) is 39.2 Å². The van der Waals surface area contributed by atoms with Gasteiger partial charge in [0, 0.05) is 32.9 Å². The van der Waals surface area contributed by atoms with Crippen LogP contribution in [0.1, 0.15) is 39.2 Å². The van der Waals surface area contributed by atoms with Gasteiger partial charge < -0.3 is 14.5 Å². The van der Waals surface area contributed by atoms with Gasteiger partial charge in [-0.1, -0.05) is 0 Å². The summed E-state index contributed by atoms with van der Waals surface area (Å²) in [7, 11) is 2.01. The number of ether oxygens (including phenoxy) is 1. The first-order valence-corrected chi connectivity index (χ1v) is 8.33. The van der Waals surface area contributed by atoms with Crippen LogP contribution in [-0.4, -0.2) is 48.3 Å². The summed E-state index contributed by atoms with van der Waals surface area (Å²) in [6.07, 6.45) is 3.29. The molecule has 2 heterocycles. The fourth-order valence-electron chi connectivity index (χ4n) is 2.78. The topological polar surface area (TPSA) is 69.5 Å². The van der Waals surface area contributed by atoms with Gasteiger partial charge in [-0.05, 0) is 51.7 Å². The third kappa shape index (κ3) is 5.12. The van der Waals surface area contributed by atoms with Crippen LogP contribution in [0.3, 0.4) is 0 Å². The third-order valence-electron chi connectivity index (χ3n) is 4.07. The molecule has 0 unspecified atom stereocenters. The fourth-order valence-corrected chi connectivity index (χ4v) is 2.78. The summed E-state index contributed by atoms with van der Waals surface area (Å²) >= 11 is 0. The normalized spacial score (nSPS) is 15.7. The van der Waals surface area contributed by atoms with E-state index in [2.05, 4.69) is 16.0 Å². The molecule has 0 atom stereocenters. The number of anilines is 1. The SMILES string of the molecule is CN(CC1CCN(C(=O)OC(C)(C)C)CC1)c1ccc(C#N)cn1. The zero-order chi connectivity index (χ0) is 17.7. The predicted octanol–water partition coefficient (Wildman–Crippen LogP) is 3.04. The van der Waals surface area contributed by atoms with Crippen LogP contribution in [0.4, 0.5) is 10.6 Å². The second-order valence-corrected chi connectivity index (χ2v) is 7.31. The Morgan fingerprint density at radius 2 is 2.08 bits per heavy atom. The molecule has 0 aromatic carbocycles. The van der Waals surface area contributed by atoms with Gasteiger partial charge in [0.25, 0.3) is 0 Å². The maximum Gasteiger partial charge on any atom is 0.410 e. The molecular weight excluding hydrogens is 304 g/mol. The lowest BCUT2D eigenvalue weighted by Gasteiger charge is -2.35. The molecular formula is C18H26N4O2. The largest absolute Gasteiger partial charge is 0.444 e. The van der Waals surface area contributed by atoms with E-state index in [9.17, 15) is 4.79 Å². The quantitative estimate of drug-likeness (QED) is 0.852. The van der Waals surface area contributed by atoms with Gasteiger partial charge in [-0.25, -0.2) is 9.78 Å². The Hall–Kier alpha value is -2.29. The zero-order valence-corrected chi connectivity index (χ0v) is 15.0. The Morgan fingerprint density at radius 3 is 2.58 bits per heavy atom. The van der Waals surface area contributed by atoms with Crippen LogP contribution in [0.2, 0.25) is 0 Å². The molecule has 130 valence electrons. The van der Waals surface area contributed by atoms with Crippen molar-refractivity contribution in [3.63, 3.8) is 0 Å². The highest BCUT2D eigenvalue weighted by molar-refractivity contribution is 5.68. The van der Waals surface area contributed by atoms with Gasteiger partial charge in [0.05, 0.1) is 5.56 Å². The minimum Gasteiger partial charge on any atom is -0.444 e. The number of hydrogen-bond donors (Lipinski definition) is 0. The van der Waals surface area contributed by atoms with Crippen molar-refractivity contribution in [1.82, 2.24) is 9.88 Å². The number of piperidine rings is 1. The summed E-state index contributed by atoms with van der Waals surface area (Å²) < 4.78 is 5.42. The molecule has 24 heavy (non-hydrogen) atoms. The van der Waals surface area contributed by atoms with Gasteiger partial charge in [-0.2, -0.15) is 5.26 Å². The van der Waals surface area contributed by atoms with E-state index in [1.807, 2.05) is 33.9 Å². The monoisotopic (exact) mass is 330 g/mol. The van der Waals surface area contributed by atoms with E-state index >= 15 is 0 Å². The highest BCUT2D eigenvalue weighted by Crippen LogP contribution is 2.22. The van der Waals surface area contributed by atoms with E-state index in [-0.39, 0.29) is 6.09 Å². The number of rotatable bonds is 3. The minimum atomic E-state index is -0.449. The molecule has 1 fully saturated rings. The van der Waals surface area contributed by atoms with E-state index in [1.165, 1.54) is 0 Å². The van der Waals surface area contributed by atoms with Crippen molar-refractivity contribution >= 4 is 11.9 Å². The van der Waals surface area contributed by atoms with Crippen molar-refractivity contribution in [2.24, 2.45) is 5.92 Å². The van der Waals surface area contributed by atoms with Crippen molar-refractivity contribution < 1.29 is 9.53 Å². The maximum absolute atomic E-state index is 12.1. The lowest BCUT2D eigenvalue weighted by atomic mass is 9.96. The molecule has 1 aliphatic heterocycles. The number of amides is 1. The average Bonchev–Trinajstić information content (AvgIpc) is 2.54. The Bertz CT molecular complexity index is 593. The first-order valence-electron chi connectivity index (χ1n) is 8.33. The number of nitrogens with zero attached hydrogens (tertiary/aromatic N) is 4. The van der Waals surface area contributed by atoms with Crippen molar-refractivity contribution in [2.75, 3.05) is 31.6 Å². The van der Waals surface area contributed by atoms with Crippen molar-refractivity contribution in [1.29, 1.82) is 5.26 Å². The van der Waals surface area contributed by atoms with Crippen LogP contribution in [0.15, 0.2) is 18.3 Å². The molecule has 0 saturated carbocycles.